The highest BCUT2D eigenvalue weighted by atomic mass is 16.4. The molecule has 8 heteroatoms. The molecule has 1 aromatic rings. The van der Waals surface area contributed by atoms with Crippen molar-refractivity contribution in [3.05, 3.63) is 28.8 Å². The fourth-order valence-electron chi connectivity index (χ4n) is 9.17. The van der Waals surface area contributed by atoms with Gasteiger partial charge in [-0.15, -0.1) is 0 Å². The van der Waals surface area contributed by atoms with Gasteiger partial charge in [0, 0.05) is 5.41 Å². The molecule has 5 rings (SSSR count). The number of benzene rings is 1. The second-order valence-electron chi connectivity index (χ2n) is 13.0. The Hall–Kier alpha value is -2.29. The number of rotatable bonds is 3. The van der Waals surface area contributed by atoms with Gasteiger partial charge in [-0.3, -0.25) is 14.4 Å². The van der Waals surface area contributed by atoms with E-state index in [1.807, 2.05) is 26.8 Å². The van der Waals surface area contributed by atoms with Crippen LogP contribution in [0.3, 0.4) is 0 Å². The highest BCUT2D eigenvalue weighted by Gasteiger charge is 2.75. The summed E-state index contributed by atoms with van der Waals surface area (Å²) >= 11 is 0. The predicted molar refractivity (Wildman–Crippen MR) is 135 cm³/mol. The van der Waals surface area contributed by atoms with Crippen LogP contribution in [0.1, 0.15) is 87.2 Å². The molecule has 8 atom stereocenters. The molecule has 3 fully saturated rings. The van der Waals surface area contributed by atoms with Crippen LogP contribution in [0.15, 0.2) is 12.1 Å². The molecule has 1 aromatic carbocycles. The lowest BCUT2D eigenvalue weighted by Crippen LogP contribution is -2.79. The molecule has 0 bridgehead atoms. The third-order valence-corrected chi connectivity index (χ3v) is 10.5. The van der Waals surface area contributed by atoms with Crippen molar-refractivity contribution in [3.8, 4) is 5.75 Å². The fourth-order valence-corrected chi connectivity index (χ4v) is 9.17. The number of aliphatic hydroxyl groups is 3. The van der Waals surface area contributed by atoms with E-state index >= 15 is 0 Å². The molecule has 0 spiro atoms. The van der Waals surface area contributed by atoms with Crippen LogP contribution in [-0.2, 0) is 16.0 Å². The Balaban J connectivity index is 1.71. The van der Waals surface area contributed by atoms with Crippen LogP contribution in [0.2, 0.25) is 0 Å². The van der Waals surface area contributed by atoms with Crippen molar-refractivity contribution in [1.82, 2.24) is 0 Å². The molecule has 3 saturated carbocycles. The lowest BCUT2D eigenvalue weighted by Gasteiger charge is -2.66. The normalized spacial score (nSPS) is 41.9. The Kier molecular flexibility index (Phi) is 5.94. The van der Waals surface area contributed by atoms with Gasteiger partial charge in [-0.05, 0) is 66.0 Å². The summed E-state index contributed by atoms with van der Waals surface area (Å²) in [4.78, 5) is 40.1. The van der Waals surface area contributed by atoms with E-state index in [4.69, 9.17) is 5.73 Å². The zero-order valence-electron chi connectivity index (χ0n) is 22.0. The van der Waals surface area contributed by atoms with Crippen LogP contribution in [0.5, 0.6) is 5.75 Å². The van der Waals surface area contributed by atoms with Gasteiger partial charge in [0.15, 0.2) is 17.2 Å². The average molecular weight is 514 g/mol. The molecule has 0 radical (unpaired) electrons. The standard InChI is InChI=1S/C29H39NO7/c1-13(2)20-23(33)19(26(30)36)24(34)29(37)25(35)21-22(32)18-16(11-27(21,3)12-28(20,29)4)15(9-10-17(18)31)14-7-5-6-8-14/h9-10,13-14,19-21,23,25,31,33,35,37H,5-8,11-12H2,1-4H3,(H2,30,36)/t19-,20+,21-,23?,25?,27-,28-,29+/m1/s1. The van der Waals surface area contributed by atoms with Gasteiger partial charge in [0.2, 0.25) is 5.91 Å². The van der Waals surface area contributed by atoms with E-state index < -0.39 is 63.9 Å². The first kappa shape index (κ1) is 26.3. The fraction of sp³-hybridized carbons (Fsp3) is 0.690. The van der Waals surface area contributed by atoms with Gasteiger partial charge in [-0.2, -0.15) is 0 Å². The zero-order chi connectivity index (χ0) is 27.2. The van der Waals surface area contributed by atoms with Gasteiger partial charge < -0.3 is 26.2 Å². The summed E-state index contributed by atoms with van der Waals surface area (Å²) < 4.78 is 0. The first-order valence-electron chi connectivity index (χ1n) is 13.5. The number of carbonyl (C=O) groups excluding carboxylic acids is 3. The molecule has 0 saturated heterocycles. The summed E-state index contributed by atoms with van der Waals surface area (Å²) in [5, 5.41) is 46.0. The molecule has 1 amide bonds. The van der Waals surface area contributed by atoms with Crippen molar-refractivity contribution in [3.63, 3.8) is 0 Å². The monoisotopic (exact) mass is 513 g/mol. The topological polar surface area (TPSA) is 158 Å². The number of carbonyl (C=O) groups is 3. The number of phenols is 1. The minimum atomic E-state index is -2.48. The first-order valence-corrected chi connectivity index (χ1v) is 13.5. The number of fused-ring (bicyclic) bond motifs is 3. The van der Waals surface area contributed by atoms with Gasteiger partial charge >= 0.3 is 0 Å². The van der Waals surface area contributed by atoms with Crippen molar-refractivity contribution in [2.75, 3.05) is 0 Å². The Morgan fingerprint density at radius 2 is 1.73 bits per heavy atom. The molecule has 0 aromatic heterocycles. The van der Waals surface area contributed by atoms with Crippen LogP contribution in [0.25, 0.3) is 0 Å². The lowest BCUT2D eigenvalue weighted by molar-refractivity contribution is -0.265. The number of phenolic OH excluding ortho intramolecular Hbond substituents is 1. The van der Waals surface area contributed by atoms with Gasteiger partial charge in [0.05, 0.1) is 17.6 Å². The number of hydrogen-bond donors (Lipinski definition) is 5. The van der Waals surface area contributed by atoms with E-state index in [-0.39, 0.29) is 23.7 Å². The maximum Gasteiger partial charge on any atom is 0.230 e. The predicted octanol–water partition coefficient (Wildman–Crippen LogP) is 2.23. The zero-order valence-corrected chi connectivity index (χ0v) is 22.0. The van der Waals surface area contributed by atoms with Crippen LogP contribution >= 0.6 is 0 Å². The van der Waals surface area contributed by atoms with Crippen molar-refractivity contribution in [1.29, 1.82) is 0 Å². The van der Waals surface area contributed by atoms with Crippen LogP contribution in [0, 0.1) is 34.5 Å². The third-order valence-electron chi connectivity index (χ3n) is 10.5. The Morgan fingerprint density at radius 1 is 1.11 bits per heavy atom. The Labute approximate surface area is 217 Å². The summed E-state index contributed by atoms with van der Waals surface area (Å²) in [7, 11) is 0. The summed E-state index contributed by atoms with van der Waals surface area (Å²) in [6.45, 7) is 7.25. The number of Topliss-reactive ketones (excluding diaryl/α,β-unsaturated/α-hetero) is 2. The van der Waals surface area contributed by atoms with E-state index in [1.165, 1.54) is 6.07 Å². The minimum Gasteiger partial charge on any atom is -0.507 e. The molecule has 4 aliphatic rings. The van der Waals surface area contributed by atoms with Gasteiger partial charge in [0.1, 0.15) is 17.8 Å². The number of primary amides is 1. The minimum absolute atomic E-state index is 0.160. The van der Waals surface area contributed by atoms with Crippen LogP contribution in [-0.4, -0.2) is 55.7 Å². The van der Waals surface area contributed by atoms with Crippen LogP contribution in [0.4, 0.5) is 0 Å². The highest BCUT2D eigenvalue weighted by molar-refractivity contribution is 6.09. The van der Waals surface area contributed by atoms with Crippen molar-refractivity contribution in [2.45, 2.75) is 89.9 Å². The molecular formula is C29H39NO7. The van der Waals surface area contributed by atoms with E-state index in [2.05, 4.69) is 0 Å². The smallest absolute Gasteiger partial charge is 0.230 e. The SMILES string of the molecule is CC(C)[C@H]1C(O)[C@@H](C(N)=O)C(=O)[C@]2(O)C(O)[C@H]3C(=O)c4c(O)ccc(C5CCCC5)c4C[C@]3(C)C[C@]12C. The number of ketones is 2. The third kappa shape index (κ3) is 3.28. The number of nitrogens with two attached hydrogens (primary N) is 1. The van der Waals surface area contributed by atoms with E-state index in [1.54, 1.807) is 6.92 Å². The maximum atomic E-state index is 14.1. The second kappa shape index (κ2) is 8.35. The molecule has 8 nitrogen and oxygen atoms in total. The van der Waals surface area contributed by atoms with E-state index in [0.717, 1.165) is 36.8 Å². The number of amides is 1. The summed E-state index contributed by atoms with van der Waals surface area (Å²) in [5.41, 5.74) is 2.83. The lowest BCUT2D eigenvalue weighted by atomic mass is 9.39. The quantitative estimate of drug-likeness (QED) is 0.388. The molecule has 2 unspecified atom stereocenters. The highest BCUT2D eigenvalue weighted by Crippen LogP contribution is 2.66. The molecule has 202 valence electrons. The molecule has 6 N–H and O–H groups in total. The second-order valence-corrected chi connectivity index (χ2v) is 13.0. The summed E-state index contributed by atoms with van der Waals surface area (Å²) in [5.74, 6) is -6.37. The Bertz CT molecular complexity index is 1170. The van der Waals surface area contributed by atoms with Gasteiger partial charge in [0.25, 0.3) is 0 Å². The maximum absolute atomic E-state index is 14.1. The molecular weight excluding hydrogens is 474 g/mol. The Morgan fingerprint density at radius 3 is 2.30 bits per heavy atom. The average Bonchev–Trinajstić information content (AvgIpc) is 3.30. The summed E-state index contributed by atoms with van der Waals surface area (Å²) in [6, 6.07) is 3.43. The van der Waals surface area contributed by atoms with Gasteiger partial charge in [-0.1, -0.05) is 46.6 Å². The molecule has 0 heterocycles. The largest absolute Gasteiger partial charge is 0.507 e. The van der Waals surface area contributed by atoms with Gasteiger partial charge in [-0.25, -0.2) is 0 Å². The van der Waals surface area contributed by atoms with Crippen molar-refractivity contribution in [2.24, 2.45) is 40.2 Å². The molecule has 0 aliphatic heterocycles. The van der Waals surface area contributed by atoms with Crippen LogP contribution < -0.4 is 5.73 Å². The molecule has 37 heavy (non-hydrogen) atoms. The summed E-state index contributed by atoms with van der Waals surface area (Å²) in [6.07, 6.45) is 1.52. The number of hydrogen-bond acceptors (Lipinski definition) is 7. The van der Waals surface area contributed by atoms with E-state index in [0.29, 0.717) is 12.3 Å². The van der Waals surface area contributed by atoms with Crippen molar-refractivity contribution < 1.29 is 34.8 Å². The first-order chi connectivity index (χ1) is 17.2. The number of aromatic hydroxyl groups is 1. The molecule has 4 aliphatic carbocycles. The van der Waals surface area contributed by atoms with Crippen molar-refractivity contribution >= 4 is 17.5 Å². The van der Waals surface area contributed by atoms with E-state index in [9.17, 15) is 34.8 Å². The number of aliphatic hydroxyl groups excluding tert-OH is 2.